The highest BCUT2D eigenvalue weighted by atomic mass is 79.9. The standard InChI is InChI=1S/C13H18BrN/c1-3-4-5-8-15-10-12-6-7-13(14)9-11(12)2/h3-4,6-7,9,15H,5,8,10H2,1-2H3/b4-3+. The average Bonchev–Trinajstić information content (AvgIpc) is 2.20. The van der Waals surface area contributed by atoms with Crippen LogP contribution in [0.2, 0.25) is 0 Å². The van der Waals surface area contributed by atoms with Crippen LogP contribution >= 0.6 is 15.9 Å². The minimum Gasteiger partial charge on any atom is -0.312 e. The Balaban J connectivity index is 2.37. The Morgan fingerprint density at radius 3 is 2.87 bits per heavy atom. The van der Waals surface area contributed by atoms with E-state index in [4.69, 9.17) is 0 Å². The first-order valence-corrected chi connectivity index (χ1v) is 6.10. The predicted octanol–water partition coefficient (Wildman–Crippen LogP) is 3.81. The van der Waals surface area contributed by atoms with E-state index < -0.39 is 0 Å². The highest BCUT2D eigenvalue weighted by Crippen LogP contribution is 2.15. The lowest BCUT2D eigenvalue weighted by molar-refractivity contribution is 0.692. The monoisotopic (exact) mass is 267 g/mol. The first-order valence-electron chi connectivity index (χ1n) is 5.31. The van der Waals surface area contributed by atoms with Crippen LogP contribution in [0.5, 0.6) is 0 Å². The third-order valence-electron chi connectivity index (χ3n) is 2.34. The van der Waals surface area contributed by atoms with Gasteiger partial charge in [0.1, 0.15) is 0 Å². The second-order valence-corrected chi connectivity index (χ2v) is 4.52. The molecule has 0 aliphatic rings. The van der Waals surface area contributed by atoms with E-state index in [2.05, 4.69) is 65.4 Å². The quantitative estimate of drug-likeness (QED) is 0.632. The molecule has 0 aliphatic carbocycles. The van der Waals surface area contributed by atoms with E-state index in [1.165, 1.54) is 11.1 Å². The Hall–Kier alpha value is -0.600. The summed E-state index contributed by atoms with van der Waals surface area (Å²) in [5.41, 5.74) is 2.71. The molecule has 0 atom stereocenters. The number of rotatable bonds is 5. The van der Waals surface area contributed by atoms with Gasteiger partial charge in [0.05, 0.1) is 0 Å². The van der Waals surface area contributed by atoms with Crippen molar-refractivity contribution < 1.29 is 0 Å². The van der Waals surface area contributed by atoms with Crippen molar-refractivity contribution >= 4 is 15.9 Å². The minimum atomic E-state index is 0.955. The lowest BCUT2D eigenvalue weighted by Crippen LogP contribution is -2.14. The average molecular weight is 268 g/mol. The second-order valence-electron chi connectivity index (χ2n) is 3.61. The van der Waals surface area contributed by atoms with E-state index in [1.54, 1.807) is 0 Å². The highest BCUT2D eigenvalue weighted by molar-refractivity contribution is 9.10. The van der Waals surface area contributed by atoms with Crippen LogP contribution in [0.4, 0.5) is 0 Å². The molecule has 1 aromatic carbocycles. The number of nitrogens with one attached hydrogen (secondary N) is 1. The maximum Gasteiger partial charge on any atom is 0.0208 e. The molecule has 0 saturated carbocycles. The van der Waals surface area contributed by atoms with Crippen molar-refractivity contribution in [1.29, 1.82) is 0 Å². The molecule has 0 heterocycles. The van der Waals surface area contributed by atoms with Crippen LogP contribution in [-0.4, -0.2) is 6.54 Å². The summed E-state index contributed by atoms with van der Waals surface area (Å²) >= 11 is 3.47. The van der Waals surface area contributed by atoms with Crippen LogP contribution in [-0.2, 0) is 6.54 Å². The van der Waals surface area contributed by atoms with Gasteiger partial charge < -0.3 is 5.32 Å². The highest BCUT2D eigenvalue weighted by Gasteiger charge is 1.97. The Bertz CT molecular complexity index is 331. The third kappa shape index (κ3) is 4.63. The molecule has 0 unspecified atom stereocenters. The van der Waals surface area contributed by atoms with Gasteiger partial charge in [-0.05, 0) is 50.1 Å². The molecule has 0 spiro atoms. The van der Waals surface area contributed by atoms with Gasteiger partial charge in [-0.3, -0.25) is 0 Å². The molecule has 82 valence electrons. The molecule has 1 rings (SSSR count). The summed E-state index contributed by atoms with van der Waals surface area (Å²) in [6.07, 6.45) is 5.38. The van der Waals surface area contributed by atoms with Crippen LogP contribution in [0.15, 0.2) is 34.8 Å². The van der Waals surface area contributed by atoms with Crippen molar-refractivity contribution in [3.63, 3.8) is 0 Å². The number of hydrogen-bond acceptors (Lipinski definition) is 1. The first-order chi connectivity index (χ1) is 7.24. The van der Waals surface area contributed by atoms with Crippen molar-refractivity contribution in [3.05, 3.63) is 46.0 Å². The molecule has 0 aromatic heterocycles. The third-order valence-corrected chi connectivity index (χ3v) is 2.84. The fourth-order valence-corrected chi connectivity index (χ4v) is 1.91. The normalized spacial score (nSPS) is 11.1. The van der Waals surface area contributed by atoms with Crippen LogP contribution in [0.3, 0.4) is 0 Å². The number of hydrogen-bond donors (Lipinski definition) is 1. The second kappa shape index (κ2) is 6.81. The molecular weight excluding hydrogens is 250 g/mol. The minimum absolute atomic E-state index is 0.955. The molecule has 0 radical (unpaired) electrons. The zero-order valence-corrected chi connectivity index (χ0v) is 11.0. The lowest BCUT2D eigenvalue weighted by atomic mass is 10.1. The van der Waals surface area contributed by atoms with Gasteiger partial charge in [-0.15, -0.1) is 0 Å². The molecule has 15 heavy (non-hydrogen) atoms. The van der Waals surface area contributed by atoms with Gasteiger partial charge in [0.15, 0.2) is 0 Å². The van der Waals surface area contributed by atoms with E-state index in [0.717, 1.165) is 24.0 Å². The largest absolute Gasteiger partial charge is 0.312 e. The zero-order valence-electron chi connectivity index (χ0n) is 9.39. The lowest BCUT2D eigenvalue weighted by Gasteiger charge is -2.07. The Kier molecular flexibility index (Phi) is 5.66. The van der Waals surface area contributed by atoms with Crippen molar-refractivity contribution in [1.82, 2.24) is 5.32 Å². The van der Waals surface area contributed by atoms with Gasteiger partial charge in [0.2, 0.25) is 0 Å². The topological polar surface area (TPSA) is 12.0 Å². The van der Waals surface area contributed by atoms with Gasteiger partial charge in [0, 0.05) is 11.0 Å². The Morgan fingerprint density at radius 1 is 1.40 bits per heavy atom. The molecule has 2 heteroatoms. The summed E-state index contributed by atoms with van der Waals surface area (Å²) in [6, 6.07) is 6.42. The molecule has 0 saturated heterocycles. The molecule has 0 fully saturated rings. The van der Waals surface area contributed by atoms with Gasteiger partial charge in [-0.1, -0.05) is 34.1 Å². The van der Waals surface area contributed by atoms with Gasteiger partial charge in [0.25, 0.3) is 0 Å². The van der Waals surface area contributed by atoms with E-state index in [-0.39, 0.29) is 0 Å². The van der Waals surface area contributed by atoms with E-state index in [9.17, 15) is 0 Å². The Morgan fingerprint density at radius 2 is 2.20 bits per heavy atom. The summed E-state index contributed by atoms with van der Waals surface area (Å²) in [5, 5.41) is 3.43. The first kappa shape index (κ1) is 12.5. The van der Waals surface area contributed by atoms with Crippen LogP contribution in [0.1, 0.15) is 24.5 Å². The summed E-state index contributed by atoms with van der Waals surface area (Å²) in [5.74, 6) is 0. The molecule has 1 N–H and O–H groups in total. The van der Waals surface area contributed by atoms with Crippen LogP contribution in [0, 0.1) is 6.92 Å². The maximum atomic E-state index is 3.47. The smallest absolute Gasteiger partial charge is 0.0208 e. The number of benzene rings is 1. The fourth-order valence-electron chi connectivity index (χ4n) is 1.43. The molecule has 1 nitrogen and oxygen atoms in total. The van der Waals surface area contributed by atoms with Crippen molar-refractivity contribution in [3.8, 4) is 0 Å². The van der Waals surface area contributed by atoms with Crippen molar-refractivity contribution in [2.75, 3.05) is 6.54 Å². The van der Waals surface area contributed by atoms with Gasteiger partial charge >= 0.3 is 0 Å². The Labute approximate surface area is 101 Å². The molecule has 0 aliphatic heterocycles. The van der Waals surface area contributed by atoms with Crippen molar-refractivity contribution in [2.24, 2.45) is 0 Å². The number of halogens is 1. The summed E-state index contributed by atoms with van der Waals surface area (Å²) in [4.78, 5) is 0. The molecule has 1 aromatic rings. The molecule has 0 bridgehead atoms. The molecular formula is C13H18BrN. The summed E-state index contributed by atoms with van der Waals surface area (Å²) in [7, 11) is 0. The van der Waals surface area contributed by atoms with E-state index in [0.29, 0.717) is 0 Å². The summed E-state index contributed by atoms with van der Waals surface area (Å²) in [6.45, 7) is 6.20. The fraction of sp³-hybridized carbons (Fsp3) is 0.385. The van der Waals surface area contributed by atoms with Crippen LogP contribution in [0.25, 0.3) is 0 Å². The van der Waals surface area contributed by atoms with Gasteiger partial charge in [-0.2, -0.15) is 0 Å². The van der Waals surface area contributed by atoms with E-state index >= 15 is 0 Å². The SMILES string of the molecule is C/C=C/CCNCc1ccc(Br)cc1C. The molecule has 0 amide bonds. The van der Waals surface area contributed by atoms with Crippen LogP contribution < -0.4 is 5.32 Å². The zero-order chi connectivity index (χ0) is 11.1. The van der Waals surface area contributed by atoms with E-state index in [1.807, 2.05) is 0 Å². The maximum absolute atomic E-state index is 3.47. The van der Waals surface area contributed by atoms with Gasteiger partial charge in [-0.25, -0.2) is 0 Å². The number of aryl methyl sites for hydroxylation is 1. The summed E-state index contributed by atoms with van der Waals surface area (Å²) < 4.78 is 1.15. The van der Waals surface area contributed by atoms with Crippen molar-refractivity contribution in [2.45, 2.75) is 26.8 Å². The number of allylic oxidation sites excluding steroid dienone is 1. The predicted molar refractivity (Wildman–Crippen MR) is 70.0 cm³/mol.